The van der Waals surface area contributed by atoms with Crippen molar-refractivity contribution in [2.75, 3.05) is 93.9 Å². The summed E-state index contributed by atoms with van der Waals surface area (Å²) >= 11 is 0. The summed E-state index contributed by atoms with van der Waals surface area (Å²) in [5.74, 6) is 5.43. The van der Waals surface area contributed by atoms with Gasteiger partial charge in [-0.25, -0.2) is 0 Å². The monoisotopic (exact) mass is 1490 g/mol. The molecule has 0 aromatic rings. The maximum atomic E-state index is 12.3. The molecule has 0 fully saturated rings. The minimum Gasteiger partial charge on any atom is -0.466 e. The Morgan fingerprint density at radius 1 is 0.324 bits per heavy atom. The molecule has 12 nitrogen and oxygen atoms in total. The Morgan fingerprint density at radius 2 is 0.581 bits per heavy atom. The Balaban J connectivity index is -0.00000197. The number of hydrogen-bond acceptors (Lipinski definition) is 12. The van der Waals surface area contributed by atoms with Crippen LogP contribution in [0, 0.1) is 47.3 Å². The number of rotatable bonds is 72. The number of carbonyl (C=O) groups is 4. The summed E-state index contributed by atoms with van der Waals surface area (Å²) in [5.41, 5.74) is 0.251. The fraction of sp³-hybridized carbons (Fsp3) is 0.914. The molecule has 0 aromatic carbocycles. The summed E-state index contributed by atoms with van der Waals surface area (Å²) in [6.45, 7) is 45.4. The van der Waals surface area contributed by atoms with Crippen LogP contribution < -0.4 is 0 Å². The van der Waals surface area contributed by atoms with E-state index in [9.17, 15) is 19.2 Å². The molecule has 0 saturated heterocycles. The van der Waals surface area contributed by atoms with Gasteiger partial charge in [0.05, 0.1) is 13.2 Å². The van der Waals surface area contributed by atoms with Crippen LogP contribution in [-0.4, -0.2) is 148 Å². The molecule has 0 heterocycles. The van der Waals surface area contributed by atoms with Gasteiger partial charge in [0, 0.05) is 49.9 Å². The first kappa shape index (κ1) is 106. The van der Waals surface area contributed by atoms with Crippen LogP contribution in [0.5, 0.6) is 0 Å². The van der Waals surface area contributed by atoms with Crippen LogP contribution >= 0.6 is 0 Å². The molecular weight excluding hydrogens is 1300 g/mol. The molecule has 0 aliphatic heterocycles. The lowest BCUT2D eigenvalue weighted by Gasteiger charge is -2.40. The summed E-state index contributed by atoms with van der Waals surface area (Å²) < 4.78 is 22.2. The average molecular weight is 1490 g/mol. The molecule has 2 atom stereocenters. The Labute approximate surface area is 655 Å². The number of hydrogen-bond donors (Lipinski definition) is 0. The lowest BCUT2D eigenvalue weighted by Crippen LogP contribution is -2.51. The van der Waals surface area contributed by atoms with Crippen LogP contribution in [0.3, 0.4) is 0 Å². The van der Waals surface area contributed by atoms with Crippen molar-refractivity contribution in [1.29, 1.82) is 0 Å². The normalized spacial score (nSPS) is 12.9. The number of unbranched alkanes of at least 4 members (excludes halogenated alkanes) is 20. The average Bonchev–Trinajstić information content (AvgIpc) is 0.868. The van der Waals surface area contributed by atoms with Crippen LogP contribution in [0.1, 0.15) is 401 Å². The molecule has 0 aliphatic rings. The molecule has 0 spiro atoms. The SMILES string of the molecule is C.CC(C)CCC(CCOC(=O)CCCCCCCN(CCCCCCCC(=O)OCCC(CCC(C)C)C(C)C)C(C)(C)CN(C)C)C(C)C.CCCCC(C/C=C\COC(=O)CCCCCCCN(CCCCCCCC(=O)OC/C=C\CC(CCCC)CCCC)C(C)(C)CN(C)C)CCCC. The second kappa shape index (κ2) is 71.5. The molecule has 12 heteroatoms. The molecule has 0 rings (SSSR count). The van der Waals surface area contributed by atoms with E-state index in [4.69, 9.17) is 18.9 Å². The van der Waals surface area contributed by atoms with E-state index in [2.05, 4.69) is 171 Å². The van der Waals surface area contributed by atoms with Gasteiger partial charge in [-0.2, -0.15) is 0 Å². The zero-order valence-corrected chi connectivity index (χ0v) is 73.2. The summed E-state index contributed by atoms with van der Waals surface area (Å²) in [6, 6.07) is 0. The first-order valence-corrected chi connectivity index (χ1v) is 44.4. The minimum atomic E-state index is -0.0587. The largest absolute Gasteiger partial charge is 0.466 e. The standard InChI is InChI=1S/C48H92N2O4.C44H88N2O4.CH4/c1-9-13-31-44(32-14-10-2)35-25-29-41-53-46(51)37-23-19-17-21-27-39-50(48(5,6)43-49(7)8)40-28-22-18-20-24-38-47(52)54-42-30-26-36-45(33-15-11-3)34-16-12-4;1-36(2)25-27-40(38(5)6)29-33-49-42(47)23-19-15-13-17-21-31-46(44(9,10)35-45(11)12)32-22-18-14-16-20-24-43(48)50-34-30-41(39(7)8)28-26-37(3)4;/h25-26,29-30,44-45H,9-24,27-28,31-43H2,1-8H3;36-41H,13-35H2,1-12H3;1H4/b29-25-,30-26-;;. The van der Waals surface area contributed by atoms with Gasteiger partial charge in [0.25, 0.3) is 0 Å². The third-order valence-corrected chi connectivity index (χ3v) is 21.8. The Bertz CT molecular complexity index is 1880. The van der Waals surface area contributed by atoms with Gasteiger partial charge in [-0.05, 0) is 219 Å². The molecule has 105 heavy (non-hydrogen) atoms. The van der Waals surface area contributed by atoms with Crippen molar-refractivity contribution in [3.8, 4) is 0 Å². The molecule has 0 bridgehead atoms. The van der Waals surface area contributed by atoms with E-state index in [0.717, 1.165) is 140 Å². The van der Waals surface area contributed by atoms with E-state index in [-0.39, 0.29) is 42.4 Å². The molecule has 0 radical (unpaired) electrons. The molecule has 0 aromatic heterocycles. The lowest BCUT2D eigenvalue weighted by atomic mass is 9.86. The van der Waals surface area contributed by atoms with Gasteiger partial charge in [-0.15, -0.1) is 0 Å². The van der Waals surface area contributed by atoms with Crippen molar-refractivity contribution < 1.29 is 38.1 Å². The smallest absolute Gasteiger partial charge is 0.306 e. The highest BCUT2D eigenvalue weighted by atomic mass is 16.5. The van der Waals surface area contributed by atoms with E-state index >= 15 is 0 Å². The summed E-state index contributed by atoms with van der Waals surface area (Å²) in [6.07, 6.45) is 57.8. The van der Waals surface area contributed by atoms with Crippen molar-refractivity contribution in [3.05, 3.63) is 24.3 Å². The zero-order valence-electron chi connectivity index (χ0n) is 73.2. The summed E-state index contributed by atoms with van der Waals surface area (Å²) in [5, 5.41) is 0. The molecular formula is C93H184N4O8. The predicted molar refractivity (Wildman–Crippen MR) is 456 cm³/mol. The fourth-order valence-electron chi connectivity index (χ4n) is 15.0. The van der Waals surface area contributed by atoms with Gasteiger partial charge in [-0.3, -0.25) is 29.0 Å². The quantitative estimate of drug-likeness (QED) is 0.0250. The van der Waals surface area contributed by atoms with Gasteiger partial charge in [0.2, 0.25) is 0 Å². The fourth-order valence-corrected chi connectivity index (χ4v) is 15.0. The van der Waals surface area contributed by atoms with Crippen molar-refractivity contribution in [1.82, 2.24) is 19.6 Å². The number of likely N-dealkylation sites (N-methyl/N-ethyl adjacent to an activating group) is 2. The maximum Gasteiger partial charge on any atom is 0.306 e. The number of ether oxygens (including phenoxy) is 4. The zero-order chi connectivity index (χ0) is 78.1. The van der Waals surface area contributed by atoms with Crippen LogP contribution in [0.2, 0.25) is 0 Å². The second-order valence-corrected chi connectivity index (χ2v) is 35.2. The highest BCUT2D eigenvalue weighted by molar-refractivity contribution is 5.70. The third-order valence-electron chi connectivity index (χ3n) is 21.8. The predicted octanol–water partition coefficient (Wildman–Crippen LogP) is 25.5. The third kappa shape index (κ3) is 67.8. The first-order chi connectivity index (χ1) is 49.6. The van der Waals surface area contributed by atoms with Crippen LogP contribution in [0.25, 0.3) is 0 Å². The minimum absolute atomic E-state index is 0. The first-order valence-electron chi connectivity index (χ1n) is 44.4. The van der Waals surface area contributed by atoms with Gasteiger partial charge < -0.3 is 28.7 Å². The van der Waals surface area contributed by atoms with E-state index in [1.807, 2.05) is 12.2 Å². The van der Waals surface area contributed by atoms with Crippen LogP contribution in [0.4, 0.5) is 0 Å². The highest BCUT2D eigenvalue weighted by Crippen LogP contribution is 2.28. The van der Waals surface area contributed by atoms with Crippen LogP contribution in [0.15, 0.2) is 24.3 Å². The van der Waals surface area contributed by atoms with E-state index < -0.39 is 0 Å². The molecule has 624 valence electrons. The number of allylic oxidation sites excluding steroid dienone is 2. The molecule has 0 aliphatic carbocycles. The second-order valence-electron chi connectivity index (χ2n) is 35.2. The Morgan fingerprint density at radius 3 is 0.829 bits per heavy atom. The molecule has 0 saturated carbocycles. The Hall–Kier alpha value is -2.80. The van der Waals surface area contributed by atoms with Gasteiger partial charge in [-0.1, -0.05) is 282 Å². The van der Waals surface area contributed by atoms with Crippen molar-refractivity contribution in [2.24, 2.45) is 47.3 Å². The van der Waals surface area contributed by atoms with Gasteiger partial charge in [0.15, 0.2) is 0 Å². The topological polar surface area (TPSA) is 118 Å². The van der Waals surface area contributed by atoms with Crippen molar-refractivity contribution in [3.63, 3.8) is 0 Å². The van der Waals surface area contributed by atoms with E-state index in [1.165, 1.54) is 180 Å². The van der Waals surface area contributed by atoms with Crippen LogP contribution in [-0.2, 0) is 38.1 Å². The summed E-state index contributed by atoms with van der Waals surface area (Å²) in [4.78, 5) is 59.1. The molecule has 2 unspecified atom stereocenters. The van der Waals surface area contributed by atoms with E-state index in [0.29, 0.717) is 75.8 Å². The molecule has 0 amide bonds. The lowest BCUT2D eigenvalue weighted by molar-refractivity contribution is -0.145. The molecule has 0 N–H and O–H groups in total. The number of nitrogens with zero attached hydrogens (tertiary/aromatic N) is 4. The summed E-state index contributed by atoms with van der Waals surface area (Å²) in [7, 11) is 8.67. The van der Waals surface area contributed by atoms with Crippen molar-refractivity contribution >= 4 is 23.9 Å². The van der Waals surface area contributed by atoms with Gasteiger partial charge >= 0.3 is 23.9 Å². The highest BCUT2D eigenvalue weighted by Gasteiger charge is 2.28. The van der Waals surface area contributed by atoms with Crippen molar-refractivity contribution in [2.45, 2.75) is 412 Å². The number of carbonyl (C=O) groups excluding carboxylic acids is 4. The van der Waals surface area contributed by atoms with E-state index in [1.54, 1.807) is 0 Å². The van der Waals surface area contributed by atoms with Gasteiger partial charge in [0.1, 0.15) is 13.2 Å². The maximum absolute atomic E-state index is 12.3. The number of esters is 4. The Kier molecular flexibility index (Phi) is 72.4.